The van der Waals surface area contributed by atoms with Gasteiger partial charge in [-0.2, -0.15) is 0 Å². The summed E-state index contributed by atoms with van der Waals surface area (Å²) in [6, 6.07) is 1.48. The lowest BCUT2D eigenvalue weighted by Crippen LogP contribution is -2.04. The highest BCUT2D eigenvalue weighted by molar-refractivity contribution is 6.10. The molecular weight excluding hydrogens is 282 g/mol. The van der Waals surface area contributed by atoms with Crippen molar-refractivity contribution in [1.29, 1.82) is 0 Å². The van der Waals surface area contributed by atoms with Crippen LogP contribution < -0.4 is 15.2 Å². The summed E-state index contributed by atoms with van der Waals surface area (Å²) in [5.41, 5.74) is 6.86. The Morgan fingerprint density at radius 1 is 1.32 bits per heavy atom. The molecule has 0 heterocycles. The van der Waals surface area contributed by atoms with Gasteiger partial charge in [0.2, 0.25) is 0 Å². The molecule has 0 fully saturated rings. The second-order valence-corrected chi connectivity index (χ2v) is 4.82. The minimum Gasteiger partial charge on any atom is -0.505 e. The third kappa shape index (κ3) is 3.14. The van der Waals surface area contributed by atoms with Gasteiger partial charge < -0.3 is 20.3 Å². The Bertz CT molecular complexity index is 672. The predicted molar refractivity (Wildman–Crippen MR) is 85.6 cm³/mol. The van der Waals surface area contributed by atoms with Crippen molar-refractivity contribution in [2.24, 2.45) is 0 Å². The molecule has 1 aliphatic rings. The van der Waals surface area contributed by atoms with Crippen molar-refractivity contribution >= 4 is 11.5 Å². The van der Waals surface area contributed by atoms with Gasteiger partial charge in [0.1, 0.15) is 22.7 Å². The predicted octanol–water partition coefficient (Wildman–Crippen LogP) is 3.01. The van der Waals surface area contributed by atoms with Gasteiger partial charge in [-0.25, -0.2) is 0 Å². The largest absolute Gasteiger partial charge is 0.505 e. The molecule has 0 bridgehead atoms. The number of benzene rings is 1. The molecular formula is C17H19NO4. The van der Waals surface area contributed by atoms with Gasteiger partial charge in [-0.3, -0.25) is 4.79 Å². The molecule has 0 aromatic heterocycles. The normalized spacial score (nSPS) is 14.0. The van der Waals surface area contributed by atoms with Crippen LogP contribution in [0, 0.1) is 0 Å². The summed E-state index contributed by atoms with van der Waals surface area (Å²) in [5, 5.41) is 10.2. The number of rotatable bonds is 5. The summed E-state index contributed by atoms with van der Waals surface area (Å²) in [4.78, 5) is 12.4. The molecule has 2 rings (SSSR count). The maximum absolute atomic E-state index is 12.4. The molecule has 1 aromatic rings. The lowest BCUT2D eigenvalue weighted by molar-refractivity contribution is 0.104. The van der Waals surface area contributed by atoms with Gasteiger partial charge in [-0.05, 0) is 24.5 Å². The average molecular weight is 301 g/mol. The minimum absolute atomic E-state index is 0.0138. The van der Waals surface area contributed by atoms with Crippen LogP contribution in [0.1, 0.15) is 23.2 Å². The molecule has 1 aliphatic carbocycles. The topological polar surface area (TPSA) is 81.8 Å². The summed E-state index contributed by atoms with van der Waals surface area (Å²) in [6.45, 7) is 0. The first-order valence-electron chi connectivity index (χ1n) is 6.90. The van der Waals surface area contributed by atoms with Crippen LogP contribution in [0.4, 0.5) is 5.69 Å². The SMILES string of the molecule is COc1cc(OC)c(C(=O)C=CC2=CC=CCC2)c(O)c1N. The van der Waals surface area contributed by atoms with Crippen LogP contribution in [-0.2, 0) is 0 Å². The van der Waals surface area contributed by atoms with Crippen molar-refractivity contribution in [2.75, 3.05) is 20.0 Å². The van der Waals surface area contributed by atoms with Crippen LogP contribution in [0.3, 0.4) is 0 Å². The van der Waals surface area contributed by atoms with Crippen molar-refractivity contribution in [3.63, 3.8) is 0 Å². The van der Waals surface area contributed by atoms with E-state index in [-0.39, 0.29) is 34.3 Å². The highest BCUT2D eigenvalue weighted by Crippen LogP contribution is 2.40. The number of phenolic OH excluding ortho intramolecular Hbond substituents is 1. The number of nitrogen functional groups attached to an aromatic ring is 1. The van der Waals surface area contributed by atoms with E-state index in [0.717, 1.165) is 18.4 Å². The molecule has 5 heteroatoms. The number of allylic oxidation sites excluding steroid dienone is 6. The van der Waals surface area contributed by atoms with E-state index >= 15 is 0 Å². The second-order valence-electron chi connectivity index (χ2n) is 4.82. The number of anilines is 1. The summed E-state index contributed by atoms with van der Waals surface area (Å²) in [6.07, 6.45) is 11.0. The number of carbonyl (C=O) groups excluding carboxylic acids is 1. The summed E-state index contributed by atoms with van der Waals surface area (Å²) in [7, 11) is 2.84. The van der Waals surface area contributed by atoms with E-state index in [1.807, 2.05) is 12.2 Å². The molecule has 0 saturated heterocycles. The molecule has 116 valence electrons. The fourth-order valence-electron chi connectivity index (χ4n) is 2.23. The highest BCUT2D eigenvalue weighted by atomic mass is 16.5. The Labute approximate surface area is 129 Å². The van der Waals surface area contributed by atoms with Crippen LogP contribution in [0.5, 0.6) is 17.2 Å². The number of hydrogen-bond acceptors (Lipinski definition) is 5. The van der Waals surface area contributed by atoms with E-state index in [2.05, 4.69) is 6.08 Å². The zero-order chi connectivity index (χ0) is 16.1. The maximum Gasteiger partial charge on any atom is 0.193 e. The van der Waals surface area contributed by atoms with Crippen molar-refractivity contribution in [1.82, 2.24) is 0 Å². The molecule has 0 spiro atoms. The molecule has 0 aliphatic heterocycles. The van der Waals surface area contributed by atoms with Crippen LogP contribution in [-0.4, -0.2) is 25.1 Å². The third-order valence-corrected chi connectivity index (χ3v) is 3.45. The molecule has 1 aromatic carbocycles. The summed E-state index contributed by atoms with van der Waals surface area (Å²) in [5.74, 6) is -0.228. The highest BCUT2D eigenvalue weighted by Gasteiger charge is 2.21. The number of ketones is 1. The monoisotopic (exact) mass is 301 g/mol. The van der Waals surface area contributed by atoms with Crippen LogP contribution in [0.2, 0.25) is 0 Å². The maximum atomic E-state index is 12.4. The number of phenols is 1. The van der Waals surface area contributed by atoms with Gasteiger partial charge in [0, 0.05) is 6.07 Å². The first-order chi connectivity index (χ1) is 10.6. The average Bonchev–Trinajstić information content (AvgIpc) is 2.55. The molecule has 0 atom stereocenters. The number of carbonyl (C=O) groups is 1. The fraction of sp³-hybridized carbons (Fsp3) is 0.235. The Hall–Kier alpha value is -2.69. The van der Waals surface area contributed by atoms with Gasteiger partial charge in [0.15, 0.2) is 11.5 Å². The molecule has 0 amide bonds. The Balaban J connectivity index is 2.36. The molecule has 22 heavy (non-hydrogen) atoms. The van der Waals surface area contributed by atoms with Crippen LogP contribution >= 0.6 is 0 Å². The Morgan fingerprint density at radius 3 is 2.64 bits per heavy atom. The molecule has 0 radical (unpaired) electrons. The third-order valence-electron chi connectivity index (χ3n) is 3.45. The fourth-order valence-corrected chi connectivity index (χ4v) is 2.23. The number of nitrogens with two attached hydrogens (primary N) is 1. The van der Waals surface area contributed by atoms with E-state index in [1.54, 1.807) is 6.08 Å². The number of ether oxygens (including phenoxy) is 2. The number of hydrogen-bond donors (Lipinski definition) is 2. The van der Waals surface area contributed by atoms with E-state index in [9.17, 15) is 9.90 Å². The van der Waals surface area contributed by atoms with Crippen molar-refractivity contribution < 1.29 is 19.4 Å². The molecule has 5 nitrogen and oxygen atoms in total. The smallest absolute Gasteiger partial charge is 0.193 e. The first-order valence-corrected chi connectivity index (χ1v) is 6.90. The number of methoxy groups -OCH3 is 2. The van der Waals surface area contributed by atoms with E-state index in [0.29, 0.717) is 0 Å². The van der Waals surface area contributed by atoms with Gasteiger partial charge in [0.25, 0.3) is 0 Å². The van der Waals surface area contributed by atoms with E-state index < -0.39 is 0 Å². The van der Waals surface area contributed by atoms with Gasteiger partial charge in [-0.15, -0.1) is 0 Å². The van der Waals surface area contributed by atoms with Crippen molar-refractivity contribution in [3.8, 4) is 17.2 Å². The van der Waals surface area contributed by atoms with Crippen molar-refractivity contribution in [2.45, 2.75) is 12.8 Å². The van der Waals surface area contributed by atoms with Gasteiger partial charge in [0.05, 0.1) is 14.2 Å². The van der Waals surface area contributed by atoms with Crippen LogP contribution in [0.15, 0.2) is 42.0 Å². The quantitative estimate of drug-likeness (QED) is 0.378. The Morgan fingerprint density at radius 2 is 2.05 bits per heavy atom. The summed E-state index contributed by atoms with van der Waals surface area (Å²) >= 11 is 0. The second kappa shape index (κ2) is 6.85. The molecule has 0 saturated carbocycles. The molecule has 0 unspecified atom stereocenters. The Kier molecular flexibility index (Phi) is 4.88. The van der Waals surface area contributed by atoms with Gasteiger partial charge in [-0.1, -0.05) is 24.3 Å². The van der Waals surface area contributed by atoms with Crippen molar-refractivity contribution in [3.05, 3.63) is 47.6 Å². The standard InChI is InChI=1S/C17H19NO4/c1-21-13-10-14(22-2)16(18)17(20)15(13)12(19)9-8-11-6-4-3-5-7-11/h3-4,6,8-10,20H,5,7,18H2,1-2H3. The molecule has 3 N–H and O–H groups in total. The zero-order valence-electron chi connectivity index (χ0n) is 12.6. The van der Waals surface area contributed by atoms with E-state index in [4.69, 9.17) is 15.2 Å². The first kappa shape index (κ1) is 15.7. The lowest BCUT2D eigenvalue weighted by atomic mass is 10.0. The summed E-state index contributed by atoms with van der Waals surface area (Å²) < 4.78 is 10.2. The van der Waals surface area contributed by atoms with Crippen LogP contribution in [0.25, 0.3) is 0 Å². The minimum atomic E-state index is -0.376. The van der Waals surface area contributed by atoms with Gasteiger partial charge >= 0.3 is 0 Å². The lowest BCUT2D eigenvalue weighted by Gasteiger charge is -2.13. The van der Waals surface area contributed by atoms with E-state index in [1.165, 1.54) is 26.4 Å². The zero-order valence-corrected chi connectivity index (χ0v) is 12.6. The number of aromatic hydroxyl groups is 1.